The normalized spacial score (nSPS) is 19.6. The van der Waals surface area contributed by atoms with Crippen molar-refractivity contribution >= 4 is 28.1 Å². The van der Waals surface area contributed by atoms with Gasteiger partial charge in [-0.05, 0) is 66.8 Å². The van der Waals surface area contributed by atoms with Crippen molar-refractivity contribution in [3.8, 4) is 17.3 Å². The van der Waals surface area contributed by atoms with Crippen LogP contribution in [-0.4, -0.2) is 84.8 Å². The number of benzene rings is 2. The molecule has 3 heterocycles. The van der Waals surface area contributed by atoms with Crippen molar-refractivity contribution in [1.29, 1.82) is 5.26 Å². The van der Waals surface area contributed by atoms with Gasteiger partial charge in [0.15, 0.2) is 5.13 Å². The number of nitrogens with zero attached hydrogens (tertiary/aromatic N) is 6. The van der Waals surface area contributed by atoms with E-state index in [9.17, 15) is 19.6 Å². The van der Waals surface area contributed by atoms with E-state index < -0.39 is 0 Å². The van der Waals surface area contributed by atoms with Gasteiger partial charge in [0.2, 0.25) is 5.91 Å². The quantitative estimate of drug-likeness (QED) is 0.493. The zero-order chi connectivity index (χ0) is 27.8. The molecular weight excluding hydrogens is 527 g/mol. The second-order valence-corrected chi connectivity index (χ2v) is 11.9. The Hall–Kier alpha value is -3.52. The van der Waals surface area contributed by atoms with Crippen molar-refractivity contribution in [3.63, 3.8) is 0 Å². The van der Waals surface area contributed by atoms with E-state index in [-0.39, 0.29) is 23.9 Å². The minimum Gasteiger partial charge on any atom is -0.389 e. The lowest BCUT2D eigenvalue weighted by molar-refractivity contribution is -0.142. The minimum absolute atomic E-state index is 0.0998. The topological polar surface area (TPSA) is 86.9 Å². The maximum absolute atomic E-state index is 13.5. The second-order valence-electron chi connectivity index (χ2n) is 10.9. The van der Waals surface area contributed by atoms with Crippen LogP contribution in [0.2, 0.25) is 0 Å². The number of aliphatic hydroxyl groups is 1. The van der Waals surface area contributed by atoms with Crippen LogP contribution < -0.4 is 9.80 Å². The average molecular weight is 561 g/mol. The fourth-order valence-electron chi connectivity index (χ4n) is 5.95. The first-order valence-corrected chi connectivity index (χ1v) is 14.7. The van der Waals surface area contributed by atoms with Gasteiger partial charge >= 0.3 is 0 Å². The summed E-state index contributed by atoms with van der Waals surface area (Å²) >= 11 is 1.38. The van der Waals surface area contributed by atoms with Crippen LogP contribution in [0, 0.1) is 17.1 Å². The molecule has 2 aromatic carbocycles. The summed E-state index contributed by atoms with van der Waals surface area (Å²) in [5.74, 6) is -0.213. The molecule has 1 N–H and O–H groups in total. The molecule has 3 aromatic rings. The predicted molar refractivity (Wildman–Crippen MR) is 154 cm³/mol. The molecule has 1 unspecified atom stereocenters. The predicted octanol–water partition coefficient (Wildman–Crippen LogP) is 3.66. The van der Waals surface area contributed by atoms with Crippen molar-refractivity contribution in [2.45, 2.75) is 31.4 Å². The molecule has 6 rings (SSSR count). The maximum atomic E-state index is 13.5. The molecule has 8 nitrogen and oxygen atoms in total. The van der Waals surface area contributed by atoms with E-state index in [1.807, 2.05) is 7.05 Å². The zero-order valence-electron chi connectivity index (χ0n) is 22.6. The van der Waals surface area contributed by atoms with Crippen molar-refractivity contribution in [2.75, 3.05) is 62.7 Å². The lowest BCUT2D eigenvalue weighted by atomic mass is 9.86. The van der Waals surface area contributed by atoms with E-state index in [4.69, 9.17) is 4.98 Å². The Balaban J connectivity index is 1.17. The van der Waals surface area contributed by atoms with Crippen LogP contribution in [0.1, 0.15) is 34.9 Å². The van der Waals surface area contributed by atoms with Crippen LogP contribution in [0.4, 0.5) is 15.2 Å². The number of aryl methyl sites for hydroxylation is 1. The molecule has 208 valence electrons. The molecule has 0 bridgehead atoms. The Labute approximate surface area is 237 Å². The van der Waals surface area contributed by atoms with Gasteiger partial charge in [-0.3, -0.25) is 9.69 Å². The molecular formula is C30H33FN6O2S. The SMILES string of the molecule is CN(c1nc(-c2ccc(F)cc2)c(C#N)s1)C1CCCc2ccc(N3CCN(CC(=O)N4CC(O)C4)CC3)cc21. The van der Waals surface area contributed by atoms with Gasteiger partial charge in [-0.15, -0.1) is 0 Å². The Morgan fingerprint density at radius 3 is 2.62 bits per heavy atom. The molecule has 10 heteroatoms. The van der Waals surface area contributed by atoms with Crippen molar-refractivity contribution < 1.29 is 14.3 Å². The molecule has 2 aliphatic heterocycles. The average Bonchev–Trinajstić information content (AvgIpc) is 3.40. The fraction of sp³-hybridized carbons (Fsp3) is 0.433. The Morgan fingerprint density at radius 1 is 1.18 bits per heavy atom. The summed E-state index contributed by atoms with van der Waals surface area (Å²) in [5, 5.41) is 20.0. The van der Waals surface area contributed by atoms with Crippen LogP contribution >= 0.6 is 11.3 Å². The third-order valence-electron chi connectivity index (χ3n) is 8.33. The van der Waals surface area contributed by atoms with Crippen LogP contribution in [0.5, 0.6) is 0 Å². The number of hydrogen-bond acceptors (Lipinski definition) is 8. The number of thiazole rings is 1. The van der Waals surface area contributed by atoms with Crippen LogP contribution in [0.15, 0.2) is 42.5 Å². The monoisotopic (exact) mass is 560 g/mol. The highest BCUT2D eigenvalue weighted by molar-refractivity contribution is 7.16. The fourth-order valence-corrected chi connectivity index (χ4v) is 6.84. The van der Waals surface area contributed by atoms with Crippen LogP contribution in [0.3, 0.4) is 0 Å². The van der Waals surface area contributed by atoms with Gasteiger partial charge in [0.05, 0.1) is 18.7 Å². The smallest absolute Gasteiger partial charge is 0.236 e. The first-order valence-electron chi connectivity index (χ1n) is 13.9. The van der Waals surface area contributed by atoms with Crippen LogP contribution in [-0.2, 0) is 11.2 Å². The summed E-state index contributed by atoms with van der Waals surface area (Å²) in [5.41, 5.74) is 5.19. The van der Waals surface area contributed by atoms with Gasteiger partial charge in [-0.2, -0.15) is 5.26 Å². The number of rotatable bonds is 6. The molecule has 1 atom stereocenters. The number of halogens is 1. The standard InChI is InChI=1S/C30H33FN6O2S/c1-34(30-33-29(27(16-32)40-30)21-5-8-22(31)9-6-21)26-4-2-3-20-7-10-23(15-25(20)26)36-13-11-35(12-14-36)19-28(39)37-17-24(38)18-37/h5-10,15,24,26,38H,2-4,11-14,17-19H2,1H3. The number of fused-ring (bicyclic) bond motifs is 1. The Kier molecular flexibility index (Phi) is 7.45. The molecule has 3 aliphatic rings. The Bertz CT molecular complexity index is 1420. The highest BCUT2D eigenvalue weighted by Gasteiger charge is 2.31. The van der Waals surface area contributed by atoms with Crippen molar-refractivity contribution in [2.24, 2.45) is 0 Å². The summed E-state index contributed by atoms with van der Waals surface area (Å²) < 4.78 is 13.5. The second kappa shape index (κ2) is 11.2. The summed E-state index contributed by atoms with van der Waals surface area (Å²) in [7, 11) is 2.05. The number of anilines is 2. The number of likely N-dealkylation sites (tertiary alicyclic amines) is 1. The number of carbonyl (C=O) groups is 1. The number of hydrogen-bond donors (Lipinski definition) is 1. The molecule has 1 amide bonds. The van der Waals surface area contributed by atoms with Gasteiger partial charge in [0.25, 0.3) is 0 Å². The van der Waals surface area contributed by atoms with Gasteiger partial charge in [-0.25, -0.2) is 9.37 Å². The molecule has 1 aliphatic carbocycles. The number of nitriles is 1. The number of piperazine rings is 1. The minimum atomic E-state index is -0.367. The van der Waals surface area contributed by atoms with E-state index >= 15 is 0 Å². The maximum Gasteiger partial charge on any atom is 0.236 e. The summed E-state index contributed by atoms with van der Waals surface area (Å²) in [4.78, 5) is 26.3. The highest BCUT2D eigenvalue weighted by Crippen LogP contribution is 2.41. The summed E-state index contributed by atoms with van der Waals surface area (Å²) in [6.45, 7) is 4.68. The molecule has 2 fully saturated rings. The lowest BCUT2D eigenvalue weighted by Gasteiger charge is -2.40. The van der Waals surface area contributed by atoms with Crippen molar-refractivity contribution in [1.82, 2.24) is 14.8 Å². The zero-order valence-corrected chi connectivity index (χ0v) is 23.4. The van der Waals surface area contributed by atoms with Gasteiger partial charge in [-0.1, -0.05) is 17.4 Å². The van der Waals surface area contributed by atoms with Gasteiger partial charge < -0.3 is 19.8 Å². The molecule has 40 heavy (non-hydrogen) atoms. The van der Waals surface area contributed by atoms with E-state index in [0.29, 0.717) is 30.2 Å². The molecule has 2 saturated heterocycles. The van der Waals surface area contributed by atoms with Crippen LogP contribution in [0.25, 0.3) is 11.3 Å². The Morgan fingerprint density at radius 2 is 1.93 bits per heavy atom. The van der Waals surface area contributed by atoms with Crippen molar-refractivity contribution in [3.05, 3.63) is 64.3 Å². The van der Waals surface area contributed by atoms with Gasteiger partial charge in [0, 0.05) is 57.6 Å². The summed E-state index contributed by atoms with van der Waals surface area (Å²) in [6, 6.07) is 15.3. The first-order chi connectivity index (χ1) is 19.4. The molecule has 0 radical (unpaired) electrons. The van der Waals surface area contributed by atoms with E-state index in [0.717, 1.165) is 56.1 Å². The number of β-amino-alcohol motifs (C(OH)–C–C–N with tert-alkyl or cyclic N) is 1. The molecule has 1 aromatic heterocycles. The number of amides is 1. The summed E-state index contributed by atoms with van der Waals surface area (Å²) in [6.07, 6.45) is 2.77. The molecule has 0 saturated carbocycles. The van der Waals surface area contributed by atoms with E-state index in [1.54, 1.807) is 17.0 Å². The first kappa shape index (κ1) is 26.7. The number of aromatic nitrogens is 1. The number of carbonyl (C=O) groups excluding carboxylic acids is 1. The third-order valence-corrected chi connectivity index (χ3v) is 9.38. The molecule has 0 spiro atoms. The largest absolute Gasteiger partial charge is 0.389 e. The third kappa shape index (κ3) is 5.29. The highest BCUT2D eigenvalue weighted by atomic mass is 32.1. The number of aliphatic hydroxyl groups excluding tert-OH is 1. The van der Waals surface area contributed by atoms with Gasteiger partial charge in [0.1, 0.15) is 22.5 Å². The van der Waals surface area contributed by atoms with E-state index in [2.05, 4.69) is 39.0 Å². The van der Waals surface area contributed by atoms with E-state index in [1.165, 1.54) is 40.3 Å². The lowest BCUT2D eigenvalue weighted by Crippen LogP contribution is -2.57.